The third kappa shape index (κ3) is 4.46. The van der Waals surface area contributed by atoms with Crippen LogP contribution in [-0.2, 0) is 9.84 Å². The van der Waals surface area contributed by atoms with Crippen LogP contribution in [0, 0.1) is 5.82 Å². The molecule has 2 N–H and O–H groups in total. The third-order valence-corrected chi connectivity index (χ3v) is 5.84. The fourth-order valence-electron chi connectivity index (χ4n) is 2.54. The number of benzene rings is 1. The average molecular weight is 384 g/mol. The smallest absolute Gasteiger partial charge is 0.251 e. The van der Waals surface area contributed by atoms with E-state index in [1.807, 2.05) is 0 Å². The Kier molecular flexibility index (Phi) is 4.91. The number of hydrogen-bond donors (Lipinski definition) is 2. The molecule has 2 heterocycles. The van der Waals surface area contributed by atoms with Gasteiger partial charge < -0.3 is 10.6 Å². The highest BCUT2D eigenvalue weighted by atomic mass is 35.5. The SMILES string of the molecule is O=C(NC1CCS(=O)(=O)C1)c1ccnc(Nc2ccc(F)c(Cl)c2)c1. The molecule has 0 spiro atoms. The fourth-order valence-corrected chi connectivity index (χ4v) is 4.39. The molecular weight excluding hydrogens is 369 g/mol. The first kappa shape index (κ1) is 17.6. The van der Waals surface area contributed by atoms with E-state index in [4.69, 9.17) is 11.6 Å². The summed E-state index contributed by atoms with van der Waals surface area (Å²) in [7, 11) is -3.06. The lowest BCUT2D eigenvalue weighted by Gasteiger charge is -2.12. The van der Waals surface area contributed by atoms with Crippen molar-refractivity contribution in [1.29, 1.82) is 0 Å². The van der Waals surface area contributed by atoms with Crippen LogP contribution in [0.25, 0.3) is 0 Å². The van der Waals surface area contributed by atoms with Gasteiger partial charge in [-0.25, -0.2) is 17.8 Å². The Hall–Kier alpha value is -2.19. The van der Waals surface area contributed by atoms with E-state index < -0.39 is 15.7 Å². The number of sulfone groups is 1. The van der Waals surface area contributed by atoms with Gasteiger partial charge in [0.15, 0.2) is 9.84 Å². The minimum atomic E-state index is -3.06. The van der Waals surface area contributed by atoms with Crippen LogP contribution in [-0.4, -0.2) is 36.9 Å². The lowest BCUT2D eigenvalue weighted by Crippen LogP contribution is -2.35. The van der Waals surface area contributed by atoms with E-state index in [0.717, 1.165) is 0 Å². The first-order valence-electron chi connectivity index (χ1n) is 7.52. The molecule has 1 aromatic carbocycles. The highest BCUT2D eigenvalue weighted by Gasteiger charge is 2.29. The van der Waals surface area contributed by atoms with Gasteiger partial charge in [0.2, 0.25) is 0 Å². The molecule has 0 saturated carbocycles. The minimum absolute atomic E-state index is 0.0265. The second-order valence-electron chi connectivity index (χ2n) is 5.76. The molecule has 25 heavy (non-hydrogen) atoms. The monoisotopic (exact) mass is 383 g/mol. The summed E-state index contributed by atoms with van der Waals surface area (Å²) in [6, 6.07) is 6.81. The number of carbonyl (C=O) groups is 1. The predicted octanol–water partition coefficient (Wildman–Crippen LogP) is 2.53. The molecule has 1 aliphatic rings. The summed E-state index contributed by atoms with van der Waals surface area (Å²) in [5, 5.41) is 5.62. The van der Waals surface area contributed by atoms with Gasteiger partial charge in [-0.1, -0.05) is 11.6 Å². The van der Waals surface area contributed by atoms with E-state index in [1.54, 1.807) is 0 Å². The number of rotatable bonds is 4. The van der Waals surface area contributed by atoms with Gasteiger partial charge in [-0.3, -0.25) is 4.79 Å². The second kappa shape index (κ2) is 6.97. The Bertz CT molecular complexity index is 921. The van der Waals surface area contributed by atoms with Crippen LogP contribution in [0.2, 0.25) is 5.02 Å². The fraction of sp³-hybridized carbons (Fsp3) is 0.250. The molecule has 6 nitrogen and oxygen atoms in total. The Morgan fingerprint density at radius 3 is 2.76 bits per heavy atom. The molecule has 3 rings (SSSR count). The summed E-state index contributed by atoms with van der Waals surface area (Å²) in [6.45, 7) is 0. The van der Waals surface area contributed by atoms with Gasteiger partial charge >= 0.3 is 0 Å². The summed E-state index contributed by atoms with van der Waals surface area (Å²) >= 11 is 5.73. The van der Waals surface area contributed by atoms with Crippen LogP contribution >= 0.6 is 11.6 Å². The van der Waals surface area contributed by atoms with Gasteiger partial charge in [-0.15, -0.1) is 0 Å². The number of carbonyl (C=O) groups excluding carboxylic acids is 1. The van der Waals surface area contributed by atoms with Crippen LogP contribution in [0.15, 0.2) is 36.5 Å². The number of amides is 1. The van der Waals surface area contributed by atoms with Crippen LogP contribution in [0.1, 0.15) is 16.8 Å². The molecular formula is C16H15ClFN3O3S. The largest absolute Gasteiger partial charge is 0.348 e. The van der Waals surface area contributed by atoms with Crippen molar-refractivity contribution in [3.8, 4) is 0 Å². The van der Waals surface area contributed by atoms with Crippen LogP contribution < -0.4 is 10.6 Å². The van der Waals surface area contributed by atoms with Crippen LogP contribution in [0.5, 0.6) is 0 Å². The first-order chi connectivity index (χ1) is 11.8. The van der Waals surface area contributed by atoms with Gasteiger partial charge in [0.05, 0.1) is 16.5 Å². The van der Waals surface area contributed by atoms with Crippen molar-refractivity contribution < 1.29 is 17.6 Å². The lowest BCUT2D eigenvalue weighted by atomic mass is 10.2. The molecule has 1 saturated heterocycles. The Morgan fingerprint density at radius 1 is 1.28 bits per heavy atom. The van der Waals surface area contributed by atoms with Crippen LogP contribution in [0.3, 0.4) is 0 Å². The molecule has 1 aliphatic heterocycles. The summed E-state index contributed by atoms with van der Waals surface area (Å²) in [5.41, 5.74) is 0.869. The van der Waals surface area contributed by atoms with Gasteiger partial charge in [-0.05, 0) is 36.8 Å². The number of anilines is 2. The van der Waals surface area contributed by atoms with Crippen molar-refractivity contribution in [3.63, 3.8) is 0 Å². The molecule has 132 valence electrons. The number of halogens is 2. The Balaban J connectivity index is 1.70. The maximum Gasteiger partial charge on any atom is 0.251 e. The van der Waals surface area contributed by atoms with E-state index in [9.17, 15) is 17.6 Å². The normalized spacial score (nSPS) is 18.7. The van der Waals surface area contributed by atoms with Crippen molar-refractivity contribution in [3.05, 3.63) is 52.9 Å². The Labute approximate surface area is 149 Å². The number of nitrogens with one attached hydrogen (secondary N) is 2. The highest BCUT2D eigenvalue weighted by molar-refractivity contribution is 7.91. The third-order valence-electron chi connectivity index (χ3n) is 3.78. The molecule has 1 aromatic heterocycles. The molecule has 0 radical (unpaired) electrons. The van der Waals surface area contributed by atoms with Gasteiger partial charge in [0.1, 0.15) is 11.6 Å². The van der Waals surface area contributed by atoms with Crippen molar-refractivity contribution in [2.75, 3.05) is 16.8 Å². The molecule has 1 fully saturated rings. The van der Waals surface area contributed by atoms with E-state index in [2.05, 4.69) is 15.6 Å². The average Bonchev–Trinajstić information content (AvgIpc) is 2.90. The Morgan fingerprint density at radius 2 is 2.08 bits per heavy atom. The minimum Gasteiger partial charge on any atom is -0.348 e. The van der Waals surface area contributed by atoms with Gasteiger partial charge in [0, 0.05) is 23.5 Å². The number of pyridine rings is 1. The molecule has 0 bridgehead atoms. The van der Waals surface area contributed by atoms with E-state index in [-0.39, 0.29) is 28.5 Å². The summed E-state index contributed by atoms with van der Waals surface area (Å²) < 4.78 is 36.1. The standard InChI is InChI=1S/C16H15ClFN3O3S/c17-13-8-11(1-2-14(13)18)20-15-7-10(3-5-19-15)16(22)21-12-4-6-25(23,24)9-12/h1-3,5,7-8,12H,4,6,9H2,(H,19,20)(H,21,22). The number of aromatic nitrogens is 1. The molecule has 0 aliphatic carbocycles. The molecule has 1 amide bonds. The predicted molar refractivity (Wildman–Crippen MR) is 93.5 cm³/mol. The summed E-state index contributed by atoms with van der Waals surface area (Å²) in [5.74, 6) is -0.464. The van der Waals surface area contributed by atoms with Gasteiger partial charge in [0.25, 0.3) is 5.91 Å². The van der Waals surface area contributed by atoms with Crippen molar-refractivity contribution >= 4 is 38.9 Å². The maximum absolute atomic E-state index is 13.2. The van der Waals surface area contributed by atoms with E-state index in [1.165, 1.54) is 36.5 Å². The summed E-state index contributed by atoms with van der Waals surface area (Å²) in [6.07, 6.45) is 1.87. The molecule has 9 heteroatoms. The van der Waals surface area contributed by atoms with Crippen molar-refractivity contribution in [2.45, 2.75) is 12.5 Å². The lowest BCUT2D eigenvalue weighted by molar-refractivity contribution is 0.0941. The molecule has 2 aromatic rings. The highest BCUT2D eigenvalue weighted by Crippen LogP contribution is 2.22. The zero-order valence-electron chi connectivity index (χ0n) is 13.0. The second-order valence-corrected chi connectivity index (χ2v) is 8.39. The first-order valence-corrected chi connectivity index (χ1v) is 9.72. The zero-order valence-corrected chi connectivity index (χ0v) is 14.6. The molecule has 1 atom stereocenters. The van der Waals surface area contributed by atoms with E-state index >= 15 is 0 Å². The zero-order chi connectivity index (χ0) is 18.0. The number of nitrogens with zero attached hydrogens (tertiary/aromatic N) is 1. The van der Waals surface area contributed by atoms with Crippen LogP contribution in [0.4, 0.5) is 15.9 Å². The topological polar surface area (TPSA) is 88.2 Å². The quantitative estimate of drug-likeness (QED) is 0.847. The van der Waals surface area contributed by atoms with E-state index in [0.29, 0.717) is 23.5 Å². The molecule has 1 unspecified atom stereocenters. The van der Waals surface area contributed by atoms with Gasteiger partial charge in [-0.2, -0.15) is 0 Å². The van der Waals surface area contributed by atoms with Crippen molar-refractivity contribution in [2.24, 2.45) is 0 Å². The maximum atomic E-state index is 13.2. The number of hydrogen-bond acceptors (Lipinski definition) is 5. The van der Waals surface area contributed by atoms with Crippen molar-refractivity contribution in [1.82, 2.24) is 10.3 Å². The summed E-state index contributed by atoms with van der Waals surface area (Å²) in [4.78, 5) is 16.4.